The minimum absolute atomic E-state index is 0.0365. The van der Waals surface area contributed by atoms with Crippen LogP contribution >= 0.6 is 11.8 Å². The Balaban J connectivity index is 1.36. The maximum Gasteiger partial charge on any atom is 0.407 e. The van der Waals surface area contributed by atoms with E-state index in [0.717, 1.165) is 22.3 Å². The summed E-state index contributed by atoms with van der Waals surface area (Å²) in [5, 5.41) is 11.9. The Morgan fingerprint density at radius 1 is 1.12 bits per heavy atom. The topological polar surface area (TPSA) is 95.9 Å². The molecule has 4 rings (SSSR count). The van der Waals surface area contributed by atoms with Crippen LogP contribution in [0.25, 0.3) is 11.1 Å². The Hall–Kier alpha value is -3.00. The highest BCUT2D eigenvalue weighted by atomic mass is 32.2. The number of amides is 2. The van der Waals surface area contributed by atoms with E-state index in [1.54, 1.807) is 0 Å². The van der Waals surface area contributed by atoms with Crippen molar-refractivity contribution in [2.75, 3.05) is 18.9 Å². The Bertz CT molecular complexity index is 1010. The third-order valence-corrected chi connectivity index (χ3v) is 7.66. The van der Waals surface area contributed by atoms with Gasteiger partial charge in [-0.2, -0.15) is 0 Å². The summed E-state index contributed by atoms with van der Waals surface area (Å²) < 4.78 is 5.55. The van der Waals surface area contributed by atoms with Gasteiger partial charge in [-0.15, -0.1) is 11.8 Å². The highest BCUT2D eigenvalue weighted by molar-refractivity contribution is 8.00. The van der Waals surface area contributed by atoms with Gasteiger partial charge in [0.1, 0.15) is 12.6 Å². The van der Waals surface area contributed by atoms with Gasteiger partial charge in [0.15, 0.2) is 0 Å². The van der Waals surface area contributed by atoms with Gasteiger partial charge in [0.05, 0.1) is 11.3 Å². The van der Waals surface area contributed by atoms with E-state index in [4.69, 9.17) is 4.74 Å². The second-order valence-electron chi connectivity index (χ2n) is 8.34. The van der Waals surface area contributed by atoms with Crippen molar-refractivity contribution >= 4 is 29.7 Å². The number of fused-ring (bicyclic) bond motifs is 3. The van der Waals surface area contributed by atoms with Crippen molar-refractivity contribution in [3.63, 3.8) is 0 Å². The molecule has 7 nitrogen and oxygen atoms in total. The van der Waals surface area contributed by atoms with Crippen LogP contribution in [0.2, 0.25) is 0 Å². The van der Waals surface area contributed by atoms with Crippen molar-refractivity contribution < 1.29 is 24.2 Å². The molecule has 8 heteroatoms. The molecule has 2 amide bonds. The van der Waals surface area contributed by atoms with Gasteiger partial charge in [0.25, 0.3) is 0 Å². The number of hydrogen-bond acceptors (Lipinski definition) is 5. The standard InChI is InChI=1S/C25H28N2O5S/c1-3-16(23(28)27-15(2)33-14-22(27)24(29)30)12-26-25(31)32-13-21-19-10-6-4-8-17(19)18-9-5-7-11-20(18)21/h4-11,15-16,21-22H,3,12-14H2,1-2H3,(H,26,31)(H,29,30). The number of carbonyl (C=O) groups excluding carboxylic acids is 2. The number of nitrogens with one attached hydrogen (secondary N) is 1. The normalized spacial score (nSPS) is 20.1. The van der Waals surface area contributed by atoms with E-state index in [2.05, 4.69) is 29.6 Å². The van der Waals surface area contributed by atoms with E-state index in [-0.39, 0.29) is 30.4 Å². The van der Waals surface area contributed by atoms with E-state index in [9.17, 15) is 19.5 Å². The lowest BCUT2D eigenvalue weighted by molar-refractivity contribution is -0.150. The zero-order valence-electron chi connectivity index (χ0n) is 18.7. The molecule has 2 N–H and O–H groups in total. The van der Waals surface area contributed by atoms with Gasteiger partial charge in [0, 0.05) is 18.2 Å². The summed E-state index contributed by atoms with van der Waals surface area (Å²) in [6, 6.07) is 15.4. The molecule has 3 atom stereocenters. The van der Waals surface area contributed by atoms with Gasteiger partial charge in [-0.3, -0.25) is 4.79 Å². The molecule has 3 unspecified atom stereocenters. The molecule has 0 spiro atoms. The van der Waals surface area contributed by atoms with Crippen LogP contribution in [0.1, 0.15) is 37.3 Å². The zero-order valence-corrected chi connectivity index (χ0v) is 19.5. The molecule has 1 aliphatic carbocycles. The first-order valence-corrected chi connectivity index (χ1v) is 12.2. The minimum atomic E-state index is -1.00. The summed E-state index contributed by atoms with van der Waals surface area (Å²) in [6.45, 7) is 3.99. The summed E-state index contributed by atoms with van der Waals surface area (Å²) in [7, 11) is 0. The Kier molecular flexibility index (Phi) is 6.93. The Morgan fingerprint density at radius 2 is 1.73 bits per heavy atom. The highest BCUT2D eigenvalue weighted by Gasteiger charge is 2.41. The summed E-state index contributed by atoms with van der Waals surface area (Å²) >= 11 is 1.45. The van der Waals surface area contributed by atoms with Crippen LogP contribution in [0, 0.1) is 5.92 Å². The molecule has 33 heavy (non-hydrogen) atoms. The molecule has 0 saturated carbocycles. The average Bonchev–Trinajstić information content (AvgIpc) is 3.36. The number of carboxylic acid groups (broad SMARTS) is 1. The second kappa shape index (κ2) is 9.87. The molecule has 1 saturated heterocycles. The van der Waals surface area contributed by atoms with Crippen molar-refractivity contribution in [2.45, 2.75) is 37.6 Å². The van der Waals surface area contributed by atoms with Crippen LogP contribution in [0.3, 0.4) is 0 Å². The number of benzene rings is 2. The van der Waals surface area contributed by atoms with Crippen molar-refractivity contribution in [1.82, 2.24) is 10.2 Å². The SMILES string of the molecule is CCC(CNC(=O)OCC1c2ccccc2-c2ccccc21)C(=O)N1C(C)SCC1C(=O)O. The summed E-state index contributed by atoms with van der Waals surface area (Å²) in [5.41, 5.74) is 4.58. The highest BCUT2D eigenvalue weighted by Crippen LogP contribution is 2.44. The largest absolute Gasteiger partial charge is 0.480 e. The number of carbonyl (C=O) groups is 3. The average molecular weight is 469 g/mol. The van der Waals surface area contributed by atoms with Gasteiger partial charge in [-0.05, 0) is 35.6 Å². The van der Waals surface area contributed by atoms with Gasteiger partial charge < -0.3 is 20.1 Å². The predicted octanol–water partition coefficient (Wildman–Crippen LogP) is 3.93. The second-order valence-corrected chi connectivity index (χ2v) is 9.69. The fraction of sp³-hybridized carbons (Fsp3) is 0.400. The van der Waals surface area contributed by atoms with E-state index in [1.165, 1.54) is 16.7 Å². The van der Waals surface area contributed by atoms with Gasteiger partial charge in [0.2, 0.25) is 5.91 Å². The van der Waals surface area contributed by atoms with Crippen molar-refractivity contribution in [3.05, 3.63) is 59.7 Å². The molecule has 1 aliphatic heterocycles. The van der Waals surface area contributed by atoms with Crippen LogP contribution in [-0.2, 0) is 14.3 Å². The summed E-state index contributed by atoms with van der Waals surface area (Å²) in [5.74, 6) is -1.42. The fourth-order valence-corrected chi connectivity index (χ4v) is 5.82. The van der Waals surface area contributed by atoms with E-state index in [1.807, 2.05) is 38.1 Å². The number of carboxylic acids is 1. The molecule has 2 aromatic rings. The van der Waals surface area contributed by atoms with E-state index >= 15 is 0 Å². The lowest BCUT2D eigenvalue weighted by atomic mass is 9.98. The number of thioether (sulfide) groups is 1. The molecular weight excluding hydrogens is 440 g/mol. The van der Waals surface area contributed by atoms with Crippen LogP contribution in [-0.4, -0.2) is 58.3 Å². The molecular formula is C25H28N2O5S. The minimum Gasteiger partial charge on any atom is -0.480 e. The Labute approximate surface area is 197 Å². The molecule has 0 bridgehead atoms. The van der Waals surface area contributed by atoms with Crippen LogP contribution in [0.5, 0.6) is 0 Å². The van der Waals surface area contributed by atoms with Crippen LogP contribution in [0.15, 0.2) is 48.5 Å². The maximum atomic E-state index is 13.0. The molecule has 1 fully saturated rings. The molecule has 2 aliphatic rings. The molecule has 1 heterocycles. The summed E-state index contributed by atoms with van der Waals surface area (Å²) in [6.07, 6.45) is -0.0929. The quantitative estimate of drug-likeness (QED) is 0.639. The monoisotopic (exact) mass is 468 g/mol. The fourth-order valence-electron chi connectivity index (χ4n) is 4.64. The molecule has 0 aromatic heterocycles. The zero-order chi connectivity index (χ0) is 23.5. The van der Waals surface area contributed by atoms with Crippen LogP contribution < -0.4 is 5.32 Å². The molecule has 0 radical (unpaired) electrons. The number of nitrogens with zero attached hydrogens (tertiary/aromatic N) is 1. The van der Waals surface area contributed by atoms with Crippen LogP contribution in [0.4, 0.5) is 4.79 Å². The van der Waals surface area contributed by atoms with Crippen molar-refractivity contribution in [1.29, 1.82) is 0 Å². The van der Waals surface area contributed by atoms with Gasteiger partial charge in [-0.1, -0.05) is 55.5 Å². The first-order chi connectivity index (χ1) is 15.9. The number of ether oxygens (including phenoxy) is 1. The van der Waals surface area contributed by atoms with E-state index in [0.29, 0.717) is 12.2 Å². The molecule has 174 valence electrons. The van der Waals surface area contributed by atoms with Gasteiger partial charge in [-0.25, -0.2) is 9.59 Å². The Morgan fingerprint density at radius 3 is 2.30 bits per heavy atom. The summed E-state index contributed by atoms with van der Waals surface area (Å²) in [4.78, 5) is 38.4. The number of hydrogen-bond donors (Lipinski definition) is 2. The lowest BCUT2D eigenvalue weighted by Gasteiger charge is -2.29. The van der Waals surface area contributed by atoms with E-state index < -0.39 is 24.0 Å². The maximum absolute atomic E-state index is 13.0. The lowest BCUT2D eigenvalue weighted by Crippen LogP contribution is -2.49. The molecule has 2 aromatic carbocycles. The third-order valence-electron chi connectivity index (χ3n) is 6.44. The number of aliphatic carboxylic acids is 1. The first kappa shape index (κ1) is 23.2. The number of alkyl carbamates (subject to hydrolysis) is 1. The number of rotatable bonds is 7. The van der Waals surface area contributed by atoms with Crippen molar-refractivity contribution in [2.24, 2.45) is 5.92 Å². The third kappa shape index (κ3) is 4.57. The predicted molar refractivity (Wildman–Crippen MR) is 127 cm³/mol. The van der Waals surface area contributed by atoms with Crippen molar-refractivity contribution in [3.8, 4) is 11.1 Å². The van der Waals surface area contributed by atoms with Gasteiger partial charge >= 0.3 is 12.1 Å². The smallest absolute Gasteiger partial charge is 0.407 e. The first-order valence-electron chi connectivity index (χ1n) is 11.2.